The van der Waals surface area contributed by atoms with Crippen molar-refractivity contribution in [2.45, 2.75) is 26.8 Å². The normalized spacial score (nSPS) is 12.2. The molecule has 0 aliphatic carbocycles. The van der Waals surface area contributed by atoms with E-state index in [0.717, 1.165) is 12.8 Å². The van der Waals surface area contributed by atoms with E-state index in [0.29, 0.717) is 25.1 Å². The van der Waals surface area contributed by atoms with Gasteiger partial charge in [-0.1, -0.05) is 0 Å². The summed E-state index contributed by atoms with van der Waals surface area (Å²) in [5.74, 6) is 0.702. The lowest BCUT2D eigenvalue weighted by Gasteiger charge is -2.13. The molecule has 0 rings (SSSR count). The van der Waals surface area contributed by atoms with Crippen molar-refractivity contribution in [1.29, 1.82) is 0 Å². The molecular weight excluding hydrogens is 355 g/mol. The molecule has 0 aliphatic rings. The van der Waals surface area contributed by atoms with E-state index in [2.05, 4.69) is 20.3 Å². The molecule has 0 heterocycles. The molecule has 0 radical (unpaired) electrons. The summed E-state index contributed by atoms with van der Waals surface area (Å²) < 4.78 is 24.0. The summed E-state index contributed by atoms with van der Waals surface area (Å²) in [6.45, 7) is 7.51. The Balaban J connectivity index is 0. The number of hydrogen-bond donors (Lipinski definition) is 3. The van der Waals surface area contributed by atoms with Gasteiger partial charge < -0.3 is 10.6 Å². The average Bonchev–Trinajstić information content (AvgIpc) is 2.10. The van der Waals surface area contributed by atoms with E-state index in [9.17, 15) is 8.42 Å². The van der Waals surface area contributed by atoms with Crippen LogP contribution in [0.5, 0.6) is 0 Å². The van der Waals surface area contributed by atoms with E-state index in [1.54, 1.807) is 0 Å². The summed E-state index contributed by atoms with van der Waals surface area (Å²) in [6, 6.07) is 0.292. The number of guanidine groups is 1. The van der Waals surface area contributed by atoms with Crippen molar-refractivity contribution >= 4 is 40.0 Å². The second-order valence-corrected chi connectivity index (χ2v) is 5.56. The summed E-state index contributed by atoms with van der Waals surface area (Å²) in [5.41, 5.74) is 0. The fraction of sp³-hybridized carbons (Fsp3) is 0.889. The monoisotopic (exact) mass is 378 g/mol. The van der Waals surface area contributed by atoms with Crippen LogP contribution < -0.4 is 15.4 Å². The molecule has 6 nitrogen and oxygen atoms in total. The third kappa shape index (κ3) is 13.8. The van der Waals surface area contributed by atoms with Gasteiger partial charge in [-0.25, -0.2) is 13.1 Å². The minimum atomic E-state index is -3.12. The van der Waals surface area contributed by atoms with Crippen molar-refractivity contribution in [2.24, 2.45) is 4.99 Å². The molecule has 0 spiro atoms. The summed E-state index contributed by atoms with van der Waals surface area (Å²) in [5, 5.41) is 6.21. The fourth-order valence-electron chi connectivity index (χ4n) is 0.992. The van der Waals surface area contributed by atoms with Gasteiger partial charge >= 0.3 is 0 Å². The predicted molar refractivity (Wildman–Crippen MR) is 82.5 cm³/mol. The van der Waals surface area contributed by atoms with Crippen molar-refractivity contribution in [2.75, 3.05) is 25.9 Å². The molecule has 0 bridgehead atoms. The quantitative estimate of drug-likeness (QED) is 0.265. The van der Waals surface area contributed by atoms with E-state index in [4.69, 9.17) is 0 Å². The van der Waals surface area contributed by atoms with Crippen LogP contribution in [0, 0.1) is 0 Å². The first-order valence-electron chi connectivity index (χ1n) is 5.34. The highest BCUT2D eigenvalue weighted by molar-refractivity contribution is 14.0. The van der Waals surface area contributed by atoms with Crippen LogP contribution in [0.3, 0.4) is 0 Å². The van der Waals surface area contributed by atoms with Gasteiger partial charge in [-0.3, -0.25) is 4.99 Å². The van der Waals surface area contributed by atoms with Crippen LogP contribution in [0.1, 0.15) is 20.8 Å². The topological polar surface area (TPSA) is 82.6 Å². The van der Waals surface area contributed by atoms with Crippen LogP contribution >= 0.6 is 24.0 Å². The van der Waals surface area contributed by atoms with Gasteiger partial charge in [-0.05, 0) is 20.8 Å². The number of aliphatic imine (C=N–C) groups is 1. The number of halogens is 1. The van der Waals surface area contributed by atoms with E-state index >= 15 is 0 Å². The number of sulfonamides is 1. The molecule has 17 heavy (non-hydrogen) atoms. The van der Waals surface area contributed by atoms with E-state index < -0.39 is 10.0 Å². The van der Waals surface area contributed by atoms with Gasteiger partial charge in [0.25, 0.3) is 0 Å². The largest absolute Gasteiger partial charge is 0.357 e. The molecule has 0 atom stereocenters. The highest BCUT2D eigenvalue weighted by Gasteiger charge is 2.00. The molecule has 0 aromatic carbocycles. The van der Waals surface area contributed by atoms with Gasteiger partial charge in [0.15, 0.2) is 5.96 Å². The zero-order valence-electron chi connectivity index (χ0n) is 10.8. The van der Waals surface area contributed by atoms with Crippen LogP contribution in [0.25, 0.3) is 0 Å². The average molecular weight is 378 g/mol. The van der Waals surface area contributed by atoms with E-state index in [-0.39, 0.29) is 24.0 Å². The molecule has 0 aromatic heterocycles. The standard InChI is InChI=1S/C9H22N4O2S.HI/c1-5-10-9(13-8(2)3)11-6-7-12-16(4,14)15;/h8,12H,5-7H2,1-4H3,(H2,10,11,13);1H. The maximum Gasteiger partial charge on any atom is 0.208 e. The number of rotatable bonds is 6. The zero-order chi connectivity index (χ0) is 12.6. The summed E-state index contributed by atoms with van der Waals surface area (Å²) in [6.07, 6.45) is 1.13. The van der Waals surface area contributed by atoms with Crippen LogP contribution in [0.15, 0.2) is 4.99 Å². The second-order valence-electron chi connectivity index (χ2n) is 3.73. The Hall–Kier alpha value is -0.0900. The fourth-order valence-corrected chi connectivity index (χ4v) is 1.45. The van der Waals surface area contributed by atoms with Crippen LogP contribution in [0.2, 0.25) is 0 Å². The molecule has 0 saturated heterocycles. The Morgan fingerprint density at radius 2 is 1.94 bits per heavy atom. The highest BCUT2D eigenvalue weighted by atomic mass is 127. The second kappa shape index (κ2) is 9.89. The Labute approximate surface area is 121 Å². The predicted octanol–water partition coefficient (Wildman–Crippen LogP) is 0.117. The first kappa shape index (κ1) is 19.3. The van der Waals surface area contributed by atoms with Crippen molar-refractivity contribution in [3.63, 3.8) is 0 Å². The lowest BCUT2D eigenvalue weighted by Crippen LogP contribution is -2.41. The van der Waals surface area contributed by atoms with Crippen LogP contribution in [-0.2, 0) is 10.0 Å². The van der Waals surface area contributed by atoms with Gasteiger partial charge in [0, 0.05) is 19.1 Å². The van der Waals surface area contributed by atoms with Crippen LogP contribution in [0.4, 0.5) is 0 Å². The summed E-state index contributed by atoms with van der Waals surface area (Å²) in [7, 11) is -3.12. The maximum atomic E-state index is 10.8. The Kier molecular flexibility index (Phi) is 11.2. The molecule has 0 amide bonds. The van der Waals surface area contributed by atoms with Gasteiger partial charge in [0.05, 0.1) is 12.8 Å². The molecule has 0 saturated carbocycles. The zero-order valence-corrected chi connectivity index (χ0v) is 13.9. The highest BCUT2D eigenvalue weighted by Crippen LogP contribution is 1.80. The third-order valence-electron chi connectivity index (χ3n) is 1.52. The Morgan fingerprint density at radius 1 is 1.35 bits per heavy atom. The van der Waals surface area contributed by atoms with Crippen molar-refractivity contribution in [1.82, 2.24) is 15.4 Å². The molecule has 0 aliphatic heterocycles. The first-order chi connectivity index (χ1) is 7.35. The van der Waals surface area contributed by atoms with Crippen molar-refractivity contribution in [3.8, 4) is 0 Å². The smallest absolute Gasteiger partial charge is 0.208 e. The number of nitrogens with one attached hydrogen (secondary N) is 3. The number of nitrogens with zero attached hydrogens (tertiary/aromatic N) is 1. The molecule has 0 fully saturated rings. The van der Waals surface area contributed by atoms with E-state index in [1.165, 1.54) is 0 Å². The SMILES string of the molecule is CCNC(=NCCNS(C)(=O)=O)NC(C)C.I. The van der Waals surface area contributed by atoms with Crippen molar-refractivity contribution in [3.05, 3.63) is 0 Å². The van der Waals surface area contributed by atoms with Gasteiger partial charge in [0.1, 0.15) is 0 Å². The molecule has 0 unspecified atom stereocenters. The minimum Gasteiger partial charge on any atom is -0.357 e. The molecular formula is C9H23IN4O2S. The maximum absolute atomic E-state index is 10.8. The van der Waals surface area contributed by atoms with Gasteiger partial charge in [-0.15, -0.1) is 24.0 Å². The lowest BCUT2D eigenvalue weighted by atomic mass is 10.4. The summed E-state index contributed by atoms with van der Waals surface area (Å²) >= 11 is 0. The van der Waals surface area contributed by atoms with E-state index in [1.807, 2.05) is 20.8 Å². The molecule has 8 heteroatoms. The number of hydrogen-bond acceptors (Lipinski definition) is 3. The van der Waals surface area contributed by atoms with Crippen LogP contribution in [-0.4, -0.2) is 46.3 Å². The van der Waals surface area contributed by atoms with Crippen molar-refractivity contribution < 1.29 is 8.42 Å². The Morgan fingerprint density at radius 3 is 2.35 bits per heavy atom. The first-order valence-corrected chi connectivity index (χ1v) is 7.23. The van der Waals surface area contributed by atoms with Gasteiger partial charge in [0.2, 0.25) is 10.0 Å². The Bertz CT molecular complexity index is 317. The molecule has 3 N–H and O–H groups in total. The van der Waals surface area contributed by atoms with Gasteiger partial charge in [-0.2, -0.15) is 0 Å². The summed E-state index contributed by atoms with van der Waals surface area (Å²) in [4.78, 5) is 4.22. The molecule has 0 aromatic rings. The minimum absolute atomic E-state index is 0. The third-order valence-corrected chi connectivity index (χ3v) is 2.24. The lowest BCUT2D eigenvalue weighted by molar-refractivity contribution is 0.588. The molecule has 104 valence electrons.